The van der Waals surface area contributed by atoms with E-state index < -0.39 is 28.7 Å². The molecule has 0 bridgehead atoms. The lowest BCUT2D eigenvalue weighted by Gasteiger charge is -2.30. The van der Waals surface area contributed by atoms with E-state index in [2.05, 4.69) is 23.8 Å². The molecule has 200 valence electrons. The first kappa shape index (κ1) is 29.7. The average Bonchev–Trinajstić information content (AvgIpc) is 2.81. The summed E-state index contributed by atoms with van der Waals surface area (Å²) in [6.45, 7) is 23.4. The Hall–Kier alpha value is -3.54. The first-order valence-corrected chi connectivity index (χ1v) is 12.5. The zero-order valence-electron chi connectivity index (χ0n) is 23.6. The molecular weight excluding hydrogens is 464 g/mol. The van der Waals surface area contributed by atoms with E-state index in [1.54, 1.807) is 0 Å². The smallest absolute Gasteiger partial charge is 0.407 e. The van der Waals surface area contributed by atoms with Crippen LogP contribution in [0.1, 0.15) is 77.6 Å². The van der Waals surface area contributed by atoms with Gasteiger partial charge in [-0.05, 0) is 63.8 Å². The predicted octanol–water partition coefficient (Wildman–Crippen LogP) is 7.40. The van der Waals surface area contributed by atoms with Crippen LogP contribution in [0.15, 0.2) is 61.7 Å². The maximum absolute atomic E-state index is 12.5. The monoisotopic (exact) mass is 506 g/mol. The van der Waals surface area contributed by atoms with Gasteiger partial charge in [0.15, 0.2) is 0 Å². The fourth-order valence-electron chi connectivity index (χ4n) is 3.63. The van der Waals surface area contributed by atoms with E-state index in [1.165, 1.54) is 0 Å². The number of benzene rings is 2. The molecular formula is C31H42N2O4. The van der Waals surface area contributed by atoms with Gasteiger partial charge < -0.3 is 20.1 Å². The third-order valence-corrected chi connectivity index (χ3v) is 6.22. The molecule has 2 N–H and O–H groups in total. The summed E-state index contributed by atoms with van der Waals surface area (Å²) < 4.78 is 11.0. The van der Waals surface area contributed by atoms with Crippen LogP contribution in [-0.2, 0) is 20.6 Å². The molecule has 0 spiro atoms. The number of hydrogen-bond acceptors (Lipinski definition) is 4. The summed E-state index contributed by atoms with van der Waals surface area (Å²) in [5.41, 5.74) is 4.14. The SMILES string of the molecule is C=C(C)c1ccc(C(C)(C)NC(=O)OCC(C)(C)COC(=O)NC(C)(C)c2ccc(C(=C)C)cc2)cc1. The van der Waals surface area contributed by atoms with Crippen LogP contribution < -0.4 is 10.6 Å². The molecule has 0 aliphatic rings. The fourth-order valence-corrected chi connectivity index (χ4v) is 3.63. The fraction of sp³-hybridized carbons (Fsp3) is 0.419. The van der Waals surface area contributed by atoms with E-state index >= 15 is 0 Å². The van der Waals surface area contributed by atoms with Crippen LogP contribution in [0, 0.1) is 5.41 Å². The van der Waals surface area contributed by atoms with Crippen LogP contribution in [0.5, 0.6) is 0 Å². The van der Waals surface area contributed by atoms with Crippen molar-refractivity contribution in [2.75, 3.05) is 13.2 Å². The summed E-state index contributed by atoms with van der Waals surface area (Å²) in [7, 11) is 0. The Balaban J connectivity index is 1.85. The highest BCUT2D eigenvalue weighted by Gasteiger charge is 2.28. The van der Waals surface area contributed by atoms with E-state index in [1.807, 2.05) is 104 Å². The number of amides is 2. The Kier molecular flexibility index (Phi) is 9.37. The van der Waals surface area contributed by atoms with Gasteiger partial charge in [-0.25, -0.2) is 9.59 Å². The van der Waals surface area contributed by atoms with Crippen molar-refractivity contribution in [1.82, 2.24) is 10.6 Å². The molecule has 0 saturated carbocycles. The highest BCUT2D eigenvalue weighted by molar-refractivity contribution is 5.70. The molecule has 0 atom stereocenters. The summed E-state index contributed by atoms with van der Waals surface area (Å²) in [5, 5.41) is 5.82. The average molecular weight is 507 g/mol. The molecule has 0 saturated heterocycles. The minimum Gasteiger partial charge on any atom is -0.449 e. The van der Waals surface area contributed by atoms with Crippen LogP contribution in [0.4, 0.5) is 9.59 Å². The zero-order valence-corrected chi connectivity index (χ0v) is 23.6. The second-order valence-electron chi connectivity index (χ2n) is 11.5. The molecule has 0 fully saturated rings. The Morgan fingerprint density at radius 2 is 0.946 bits per heavy atom. The summed E-state index contributed by atoms with van der Waals surface area (Å²) in [4.78, 5) is 25.1. The molecule has 2 aromatic carbocycles. The Bertz CT molecular complexity index is 1040. The molecule has 2 aromatic rings. The van der Waals surface area contributed by atoms with Gasteiger partial charge in [-0.2, -0.15) is 0 Å². The third-order valence-electron chi connectivity index (χ3n) is 6.22. The topological polar surface area (TPSA) is 76.7 Å². The van der Waals surface area contributed by atoms with Gasteiger partial charge in [0.25, 0.3) is 0 Å². The molecule has 2 rings (SSSR count). The number of rotatable bonds is 10. The summed E-state index contributed by atoms with van der Waals surface area (Å²) in [6.07, 6.45) is -1.07. The maximum Gasteiger partial charge on any atom is 0.407 e. The van der Waals surface area contributed by atoms with Gasteiger partial charge in [0, 0.05) is 5.41 Å². The molecule has 6 heteroatoms. The van der Waals surface area contributed by atoms with E-state index in [0.717, 1.165) is 33.4 Å². The van der Waals surface area contributed by atoms with Gasteiger partial charge in [-0.15, -0.1) is 0 Å². The first-order valence-electron chi connectivity index (χ1n) is 12.5. The lowest BCUT2D eigenvalue weighted by Crippen LogP contribution is -2.44. The number of nitrogens with one attached hydrogen (secondary N) is 2. The largest absolute Gasteiger partial charge is 0.449 e. The number of carbonyl (C=O) groups excluding carboxylic acids is 2. The first-order chi connectivity index (χ1) is 17.0. The van der Waals surface area contributed by atoms with Crippen molar-refractivity contribution in [2.45, 2.75) is 66.5 Å². The highest BCUT2D eigenvalue weighted by atomic mass is 16.6. The summed E-state index contributed by atoms with van der Waals surface area (Å²) in [5.74, 6) is 0. The molecule has 0 aromatic heterocycles. The molecule has 0 aliphatic carbocycles. The summed E-state index contributed by atoms with van der Waals surface area (Å²) >= 11 is 0. The third kappa shape index (κ3) is 8.81. The lowest BCUT2D eigenvalue weighted by atomic mass is 9.93. The Labute approximate surface area is 222 Å². The van der Waals surface area contributed by atoms with Crippen LogP contribution in [-0.4, -0.2) is 25.4 Å². The standard InChI is InChI=1S/C31H42N2O4/c1-21(2)23-11-15-25(16-12-23)30(7,8)32-27(34)36-19-29(5,6)20-37-28(35)33-31(9,10)26-17-13-24(14-18-26)22(3)4/h11-18H,1,3,19-20H2,2,4-10H3,(H,32,34)(H,33,35). The van der Waals surface area contributed by atoms with Gasteiger partial charge in [-0.1, -0.05) is 86.7 Å². The molecule has 37 heavy (non-hydrogen) atoms. The minimum absolute atomic E-state index is 0.0859. The Morgan fingerprint density at radius 1 is 0.649 bits per heavy atom. The second-order valence-corrected chi connectivity index (χ2v) is 11.5. The van der Waals surface area contributed by atoms with Gasteiger partial charge in [0.2, 0.25) is 0 Å². The van der Waals surface area contributed by atoms with E-state index in [0.29, 0.717) is 0 Å². The molecule has 2 amide bonds. The normalized spacial score (nSPS) is 11.9. The molecule has 0 aliphatic heterocycles. The van der Waals surface area contributed by atoms with E-state index in [4.69, 9.17) is 9.47 Å². The molecule has 0 unspecified atom stereocenters. The van der Waals surface area contributed by atoms with Crippen molar-refractivity contribution in [2.24, 2.45) is 5.41 Å². The van der Waals surface area contributed by atoms with Crippen molar-refractivity contribution < 1.29 is 19.1 Å². The minimum atomic E-state index is -0.626. The van der Waals surface area contributed by atoms with Crippen LogP contribution in [0.3, 0.4) is 0 Å². The quantitative estimate of drug-likeness (QED) is 0.352. The van der Waals surface area contributed by atoms with Gasteiger partial charge in [0.05, 0.1) is 11.1 Å². The molecule has 6 nitrogen and oxygen atoms in total. The predicted molar refractivity (Wildman–Crippen MR) is 151 cm³/mol. The maximum atomic E-state index is 12.5. The van der Waals surface area contributed by atoms with E-state index in [9.17, 15) is 9.59 Å². The van der Waals surface area contributed by atoms with Crippen LogP contribution in [0.25, 0.3) is 11.1 Å². The lowest BCUT2D eigenvalue weighted by molar-refractivity contribution is 0.0418. The number of ether oxygens (including phenoxy) is 2. The number of hydrogen-bond donors (Lipinski definition) is 2. The van der Waals surface area contributed by atoms with Crippen molar-refractivity contribution in [3.8, 4) is 0 Å². The van der Waals surface area contributed by atoms with E-state index in [-0.39, 0.29) is 13.2 Å². The van der Waals surface area contributed by atoms with Gasteiger partial charge >= 0.3 is 12.2 Å². The second kappa shape index (κ2) is 11.7. The number of allylic oxidation sites excluding steroid dienone is 2. The molecule has 0 heterocycles. The number of carbonyl (C=O) groups is 2. The van der Waals surface area contributed by atoms with Crippen LogP contribution >= 0.6 is 0 Å². The molecule has 0 radical (unpaired) electrons. The zero-order chi connectivity index (χ0) is 28.0. The van der Waals surface area contributed by atoms with Crippen molar-refractivity contribution in [3.05, 3.63) is 83.9 Å². The Morgan fingerprint density at radius 3 is 1.22 bits per heavy atom. The highest BCUT2D eigenvalue weighted by Crippen LogP contribution is 2.25. The van der Waals surface area contributed by atoms with Crippen LogP contribution in [0.2, 0.25) is 0 Å². The van der Waals surface area contributed by atoms with Gasteiger partial charge in [0.1, 0.15) is 13.2 Å². The van der Waals surface area contributed by atoms with Crippen molar-refractivity contribution >= 4 is 23.3 Å². The summed E-state index contributed by atoms with van der Waals surface area (Å²) in [6, 6.07) is 15.8. The van der Waals surface area contributed by atoms with Gasteiger partial charge in [-0.3, -0.25) is 0 Å². The number of alkyl carbamates (subject to hydrolysis) is 2. The van der Waals surface area contributed by atoms with Crippen molar-refractivity contribution in [1.29, 1.82) is 0 Å². The van der Waals surface area contributed by atoms with Crippen molar-refractivity contribution in [3.63, 3.8) is 0 Å².